The normalized spacial score (nSPS) is 9.63. The van der Waals surface area contributed by atoms with Crippen molar-refractivity contribution in [1.82, 2.24) is 0 Å². The fourth-order valence-electron chi connectivity index (χ4n) is 1.73. The largest absolute Gasteiger partial charge is 0.462 e. The van der Waals surface area contributed by atoms with Gasteiger partial charge in [-0.15, -0.1) is 0 Å². The van der Waals surface area contributed by atoms with Gasteiger partial charge in [0, 0.05) is 0 Å². The maximum absolute atomic E-state index is 11.1. The number of carbonyl (C=O) groups excluding carboxylic acids is 1. The van der Waals surface area contributed by atoms with E-state index in [0.717, 1.165) is 32.1 Å². The highest BCUT2D eigenvalue weighted by molar-refractivity contribution is 5.91. The van der Waals surface area contributed by atoms with Crippen molar-refractivity contribution < 1.29 is 9.53 Å². The third-order valence-electron chi connectivity index (χ3n) is 2.82. The van der Waals surface area contributed by atoms with Crippen LogP contribution in [0.4, 0.5) is 0 Å². The number of unbranched alkanes of at least 4 members (excludes halogenated alkanes) is 3. The van der Waals surface area contributed by atoms with Crippen LogP contribution in [0.2, 0.25) is 0 Å². The van der Waals surface area contributed by atoms with E-state index in [2.05, 4.69) is 30.8 Å². The zero-order valence-corrected chi connectivity index (χ0v) is 11.1. The van der Waals surface area contributed by atoms with Crippen LogP contribution in [0.5, 0.6) is 0 Å². The number of ether oxygens (including phenoxy) is 1. The molecule has 0 atom stereocenters. The van der Waals surface area contributed by atoms with Crippen LogP contribution in [-0.2, 0) is 16.0 Å². The summed E-state index contributed by atoms with van der Waals surface area (Å²) < 4.78 is 4.90. The lowest BCUT2D eigenvalue weighted by Crippen LogP contribution is -2.06. The van der Waals surface area contributed by atoms with E-state index in [1.54, 1.807) is 6.07 Å². The van der Waals surface area contributed by atoms with Crippen molar-refractivity contribution in [2.24, 2.45) is 0 Å². The first-order valence-electron chi connectivity index (χ1n) is 6.54. The number of benzene rings is 1. The van der Waals surface area contributed by atoms with Crippen LogP contribution >= 0.6 is 0 Å². The second kappa shape index (κ2) is 8.93. The first-order valence-corrected chi connectivity index (χ1v) is 6.54. The van der Waals surface area contributed by atoms with E-state index in [-0.39, 0.29) is 5.57 Å². The molecule has 0 aliphatic carbocycles. The van der Waals surface area contributed by atoms with E-state index >= 15 is 0 Å². The topological polar surface area (TPSA) is 50.1 Å². The summed E-state index contributed by atoms with van der Waals surface area (Å²) in [7, 11) is 0. The summed E-state index contributed by atoms with van der Waals surface area (Å²) in [5.41, 5.74) is 1.23. The number of hydrogen-bond acceptors (Lipinski definition) is 3. The minimum Gasteiger partial charge on any atom is -0.462 e. The van der Waals surface area contributed by atoms with Gasteiger partial charge in [-0.05, 0) is 24.8 Å². The first-order chi connectivity index (χ1) is 9.24. The van der Waals surface area contributed by atoms with Gasteiger partial charge in [0.25, 0.3) is 0 Å². The van der Waals surface area contributed by atoms with Gasteiger partial charge in [-0.25, -0.2) is 4.79 Å². The van der Waals surface area contributed by atoms with Gasteiger partial charge in [-0.2, -0.15) is 5.26 Å². The molecular formula is C16H19NO2. The Balaban J connectivity index is 1.99. The Labute approximate surface area is 114 Å². The Kier molecular flexibility index (Phi) is 7.04. The van der Waals surface area contributed by atoms with Gasteiger partial charge in [0.05, 0.1) is 6.61 Å². The highest BCUT2D eigenvalue weighted by Gasteiger charge is 2.06. The summed E-state index contributed by atoms with van der Waals surface area (Å²) in [6.07, 6.45) is 5.21. The number of nitriles is 1. The molecule has 1 aromatic rings. The van der Waals surface area contributed by atoms with Gasteiger partial charge in [0.2, 0.25) is 0 Å². The lowest BCUT2D eigenvalue weighted by atomic mass is 10.1. The van der Waals surface area contributed by atoms with Crippen molar-refractivity contribution in [2.75, 3.05) is 6.61 Å². The average molecular weight is 257 g/mol. The van der Waals surface area contributed by atoms with Crippen LogP contribution in [0, 0.1) is 11.3 Å². The van der Waals surface area contributed by atoms with Crippen molar-refractivity contribution >= 4 is 5.97 Å². The van der Waals surface area contributed by atoms with Crippen molar-refractivity contribution in [3.8, 4) is 6.07 Å². The Morgan fingerprint density at radius 3 is 2.53 bits per heavy atom. The molecule has 0 unspecified atom stereocenters. The number of aryl methyl sites for hydroxylation is 1. The molecule has 0 radical (unpaired) electrons. The second-order valence-corrected chi connectivity index (χ2v) is 4.38. The van der Waals surface area contributed by atoms with Crippen LogP contribution in [0.3, 0.4) is 0 Å². The molecule has 1 rings (SSSR count). The number of esters is 1. The summed E-state index contributed by atoms with van der Waals surface area (Å²) >= 11 is 0. The summed E-state index contributed by atoms with van der Waals surface area (Å²) in [6.45, 7) is 3.67. The maximum atomic E-state index is 11.1. The Bertz CT molecular complexity index is 446. The second-order valence-electron chi connectivity index (χ2n) is 4.38. The molecular weight excluding hydrogens is 238 g/mol. The number of rotatable bonds is 8. The predicted molar refractivity (Wildman–Crippen MR) is 74.3 cm³/mol. The molecule has 0 fully saturated rings. The van der Waals surface area contributed by atoms with Gasteiger partial charge in [-0.1, -0.05) is 49.8 Å². The van der Waals surface area contributed by atoms with Crippen LogP contribution in [-0.4, -0.2) is 12.6 Å². The van der Waals surface area contributed by atoms with Crippen LogP contribution in [0.1, 0.15) is 31.2 Å². The van der Waals surface area contributed by atoms with E-state index < -0.39 is 5.97 Å². The van der Waals surface area contributed by atoms with Crippen LogP contribution < -0.4 is 0 Å². The fourth-order valence-corrected chi connectivity index (χ4v) is 1.73. The fraction of sp³-hybridized carbons (Fsp3) is 0.375. The highest BCUT2D eigenvalue weighted by atomic mass is 16.5. The third-order valence-corrected chi connectivity index (χ3v) is 2.82. The zero-order chi connectivity index (χ0) is 13.9. The molecule has 0 aliphatic heterocycles. The number of hydrogen-bond donors (Lipinski definition) is 0. The van der Waals surface area contributed by atoms with Crippen LogP contribution in [0.25, 0.3) is 0 Å². The molecule has 1 aromatic carbocycles. The van der Waals surface area contributed by atoms with E-state index in [1.165, 1.54) is 5.56 Å². The molecule has 100 valence electrons. The molecule has 0 amide bonds. The minimum absolute atomic E-state index is 0.135. The van der Waals surface area contributed by atoms with Gasteiger partial charge >= 0.3 is 5.97 Å². The summed E-state index contributed by atoms with van der Waals surface area (Å²) in [5.74, 6) is -0.605. The molecule has 0 aromatic heterocycles. The zero-order valence-electron chi connectivity index (χ0n) is 11.1. The molecule has 0 saturated heterocycles. The quantitative estimate of drug-likeness (QED) is 0.310. The summed E-state index contributed by atoms with van der Waals surface area (Å²) in [6, 6.07) is 12.1. The van der Waals surface area contributed by atoms with Crippen molar-refractivity contribution in [2.45, 2.75) is 32.1 Å². The molecule has 0 saturated carbocycles. The molecule has 0 bridgehead atoms. The average Bonchev–Trinajstić information content (AvgIpc) is 2.46. The molecule has 0 aliphatic rings. The Hall–Kier alpha value is -2.08. The molecule has 0 spiro atoms. The van der Waals surface area contributed by atoms with Gasteiger partial charge in [0.1, 0.15) is 11.6 Å². The van der Waals surface area contributed by atoms with Crippen molar-refractivity contribution in [1.29, 1.82) is 5.26 Å². The monoisotopic (exact) mass is 257 g/mol. The van der Waals surface area contributed by atoms with Gasteiger partial charge in [0.15, 0.2) is 0 Å². The third kappa shape index (κ3) is 6.42. The van der Waals surface area contributed by atoms with Crippen molar-refractivity contribution in [3.05, 3.63) is 48.0 Å². The van der Waals surface area contributed by atoms with E-state index in [0.29, 0.717) is 6.61 Å². The number of nitrogens with zero attached hydrogens (tertiary/aromatic N) is 1. The molecule has 3 nitrogen and oxygen atoms in total. The SMILES string of the molecule is C=C(C#N)C(=O)OCCCCCCc1ccccc1. The van der Waals surface area contributed by atoms with Crippen LogP contribution in [0.15, 0.2) is 42.5 Å². The van der Waals surface area contributed by atoms with Crippen molar-refractivity contribution in [3.63, 3.8) is 0 Å². The maximum Gasteiger partial charge on any atom is 0.348 e. The lowest BCUT2D eigenvalue weighted by Gasteiger charge is -2.04. The Morgan fingerprint density at radius 2 is 1.84 bits per heavy atom. The molecule has 19 heavy (non-hydrogen) atoms. The number of carbonyl (C=O) groups is 1. The minimum atomic E-state index is -0.605. The summed E-state index contributed by atoms with van der Waals surface area (Å²) in [4.78, 5) is 11.1. The van der Waals surface area contributed by atoms with Gasteiger partial charge < -0.3 is 4.74 Å². The summed E-state index contributed by atoms with van der Waals surface area (Å²) in [5, 5.41) is 8.44. The highest BCUT2D eigenvalue weighted by Crippen LogP contribution is 2.07. The smallest absolute Gasteiger partial charge is 0.348 e. The Morgan fingerprint density at radius 1 is 1.16 bits per heavy atom. The molecule has 0 N–H and O–H groups in total. The van der Waals surface area contributed by atoms with E-state index in [9.17, 15) is 4.79 Å². The molecule has 0 heterocycles. The van der Waals surface area contributed by atoms with E-state index in [1.807, 2.05) is 6.07 Å². The van der Waals surface area contributed by atoms with Gasteiger partial charge in [-0.3, -0.25) is 0 Å². The lowest BCUT2D eigenvalue weighted by molar-refractivity contribution is -0.138. The molecule has 3 heteroatoms. The predicted octanol–water partition coefficient (Wildman–Crippen LogP) is 3.41. The standard InChI is InChI=1S/C16H19NO2/c1-14(13-17)16(18)19-12-8-3-2-5-9-15-10-6-4-7-11-15/h4,6-7,10-11H,1-3,5,8-9,12H2. The first kappa shape index (κ1) is 15.0. The van der Waals surface area contributed by atoms with E-state index in [4.69, 9.17) is 10.00 Å².